The van der Waals surface area contributed by atoms with Gasteiger partial charge in [-0.15, -0.1) is 0 Å². The molecule has 3 rings (SSSR count). The van der Waals surface area contributed by atoms with Crippen LogP contribution in [-0.2, 0) is 4.79 Å². The predicted octanol–water partition coefficient (Wildman–Crippen LogP) is 3.71. The number of anilines is 2. The number of nitrogens with zero attached hydrogens (tertiary/aromatic N) is 3. The molecule has 1 aromatic heterocycles. The zero-order valence-corrected chi connectivity index (χ0v) is 18.6. The van der Waals surface area contributed by atoms with Gasteiger partial charge in [-0.25, -0.2) is 4.98 Å². The van der Waals surface area contributed by atoms with Crippen LogP contribution in [0.3, 0.4) is 0 Å². The number of ether oxygens (including phenoxy) is 1. The van der Waals surface area contributed by atoms with Gasteiger partial charge in [-0.1, -0.05) is 12.1 Å². The molecule has 7 heteroatoms. The standard InChI is InChI=1S/C23H33N5O2/c1-15-14-24-23(27-21(15)28(3)4)26-19-10-6-18(7-11-19)22(29)25-16(2)17-8-12-20(30-5)13-9-17/h8-9,12-14,16,18-19H,6-7,10-11H2,1-5H3,(H,25,29)(H,24,26,27)/t16-,18?,19?/m0/s1. The minimum absolute atomic E-state index is 0.0235. The van der Waals surface area contributed by atoms with Gasteiger partial charge in [0.15, 0.2) is 0 Å². The van der Waals surface area contributed by atoms with E-state index in [2.05, 4.69) is 20.6 Å². The highest BCUT2D eigenvalue weighted by atomic mass is 16.5. The lowest BCUT2D eigenvalue weighted by Gasteiger charge is -2.29. The van der Waals surface area contributed by atoms with Crippen molar-refractivity contribution in [3.63, 3.8) is 0 Å². The molecular formula is C23H33N5O2. The zero-order chi connectivity index (χ0) is 21.7. The number of amides is 1. The van der Waals surface area contributed by atoms with Crippen molar-refractivity contribution in [2.75, 3.05) is 31.4 Å². The molecule has 1 atom stereocenters. The second kappa shape index (κ2) is 9.78. The van der Waals surface area contributed by atoms with Crippen LogP contribution in [0, 0.1) is 12.8 Å². The lowest BCUT2D eigenvalue weighted by atomic mass is 9.85. The number of aryl methyl sites for hydroxylation is 1. The molecule has 2 aromatic rings. The van der Waals surface area contributed by atoms with Crippen LogP contribution in [0.25, 0.3) is 0 Å². The molecule has 7 nitrogen and oxygen atoms in total. The molecule has 1 saturated carbocycles. The summed E-state index contributed by atoms with van der Waals surface area (Å²) in [4.78, 5) is 23.8. The van der Waals surface area contributed by atoms with Gasteiger partial charge in [-0.05, 0) is 57.2 Å². The van der Waals surface area contributed by atoms with E-state index in [0.717, 1.165) is 48.4 Å². The number of benzene rings is 1. The molecule has 0 aliphatic heterocycles. The molecule has 1 aromatic carbocycles. The fourth-order valence-corrected chi connectivity index (χ4v) is 3.94. The minimum Gasteiger partial charge on any atom is -0.497 e. The quantitative estimate of drug-likeness (QED) is 0.723. The third-order valence-electron chi connectivity index (χ3n) is 5.77. The number of hydrogen-bond acceptors (Lipinski definition) is 6. The molecule has 1 aliphatic carbocycles. The van der Waals surface area contributed by atoms with Crippen LogP contribution in [0.2, 0.25) is 0 Å². The predicted molar refractivity (Wildman–Crippen MR) is 120 cm³/mol. The third kappa shape index (κ3) is 5.40. The average molecular weight is 412 g/mol. The van der Waals surface area contributed by atoms with Crippen LogP contribution in [-0.4, -0.2) is 43.1 Å². The van der Waals surface area contributed by atoms with E-state index in [1.54, 1.807) is 7.11 Å². The number of aromatic nitrogens is 2. The molecule has 0 radical (unpaired) electrons. The summed E-state index contributed by atoms with van der Waals surface area (Å²) in [6.45, 7) is 4.03. The van der Waals surface area contributed by atoms with Crippen LogP contribution in [0.1, 0.15) is 49.8 Å². The van der Waals surface area contributed by atoms with E-state index < -0.39 is 0 Å². The van der Waals surface area contributed by atoms with E-state index in [4.69, 9.17) is 4.74 Å². The van der Waals surface area contributed by atoms with E-state index in [9.17, 15) is 4.79 Å². The Balaban J connectivity index is 1.50. The lowest BCUT2D eigenvalue weighted by Crippen LogP contribution is -2.37. The normalized spacial score (nSPS) is 19.6. The summed E-state index contributed by atoms with van der Waals surface area (Å²) in [5, 5.41) is 6.61. The first-order valence-corrected chi connectivity index (χ1v) is 10.6. The van der Waals surface area contributed by atoms with Crippen molar-refractivity contribution in [3.05, 3.63) is 41.6 Å². The Kier molecular flexibility index (Phi) is 7.13. The summed E-state index contributed by atoms with van der Waals surface area (Å²) in [7, 11) is 5.61. The van der Waals surface area contributed by atoms with Crippen molar-refractivity contribution in [2.24, 2.45) is 5.92 Å². The third-order valence-corrected chi connectivity index (χ3v) is 5.77. The van der Waals surface area contributed by atoms with Gasteiger partial charge in [0.1, 0.15) is 11.6 Å². The zero-order valence-electron chi connectivity index (χ0n) is 18.6. The van der Waals surface area contributed by atoms with Gasteiger partial charge < -0.3 is 20.3 Å². The van der Waals surface area contributed by atoms with E-state index in [0.29, 0.717) is 12.0 Å². The highest BCUT2D eigenvalue weighted by Crippen LogP contribution is 2.28. The first-order chi connectivity index (χ1) is 14.4. The van der Waals surface area contributed by atoms with E-state index in [-0.39, 0.29) is 17.9 Å². The molecule has 2 N–H and O–H groups in total. The van der Waals surface area contributed by atoms with Gasteiger partial charge >= 0.3 is 0 Å². The lowest BCUT2D eigenvalue weighted by molar-refractivity contribution is -0.126. The summed E-state index contributed by atoms with van der Waals surface area (Å²) >= 11 is 0. The minimum atomic E-state index is -0.0235. The maximum atomic E-state index is 12.7. The smallest absolute Gasteiger partial charge is 0.224 e. The summed E-state index contributed by atoms with van der Waals surface area (Å²) in [6.07, 6.45) is 5.45. The Bertz CT molecular complexity index is 845. The van der Waals surface area contributed by atoms with Crippen LogP contribution in [0.5, 0.6) is 5.75 Å². The fraction of sp³-hybridized carbons (Fsp3) is 0.522. The van der Waals surface area contributed by atoms with E-state index in [1.807, 2.05) is 63.3 Å². The molecule has 0 spiro atoms. The second-order valence-electron chi connectivity index (χ2n) is 8.29. The molecule has 1 heterocycles. The largest absolute Gasteiger partial charge is 0.497 e. The van der Waals surface area contributed by atoms with Crippen molar-refractivity contribution < 1.29 is 9.53 Å². The van der Waals surface area contributed by atoms with E-state index >= 15 is 0 Å². The molecule has 30 heavy (non-hydrogen) atoms. The second-order valence-corrected chi connectivity index (χ2v) is 8.29. The Hall–Kier alpha value is -2.83. The van der Waals surface area contributed by atoms with Crippen LogP contribution >= 0.6 is 0 Å². The van der Waals surface area contributed by atoms with Gasteiger partial charge in [0, 0.05) is 37.8 Å². The van der Waals surface area contributed by atoms with Gasteiger partial charge in [0.2, 0.25) is 11.9 Å². The highest BCUT2D eigenvalue weighted by molar-refractivity contribution is 5.79. The maximum absolute atomic E-state index is 12.7. The van der Waals surface area contributed by atoms with Crippen molar-refractivity contribution in [1.82, 2.24) is 15.3 Å². The summed E-state index contributed by atoms with van der Waals surface area (Å²) in [6, 6.07) is 8.10. The Labute approximate surface area is 179 Å². The Morgan fingerprint density at radius 1 is 1.17 bits per heavy atom. The number of hydrogen-bond donors (Lipinski definition) is 2. The fourth-order valence-electron chi connectivity index (χ4n) is 3.94. The van der Waals surface area contributed by atoms with Crippen LogP contribution in [0.15, 0.2) is 30.5 Å². The molecule has 0 saturated heterocycles. The van der Waals surface area contributed by atoms with Crippen molar-refractivity contribution in [3.8, 4) is 5.75 Å². The number of carbonyl (C=O) groups excluding carboxylic acids is 1. The topological polar surface area (TPSA) is 79.4 Å². The van der Waals surface area contributed by atoms with E-state index in [1.165, 1.54) is 0 Å². The first-order valence-electron chi connectivity index (χ1n) is 10.6. The SMILES string of the molecule is COc1ccc([C@H](C)NC(=O)C2CCC(Nc3ncc(C)c(N(C)C)n3)CC2)cc1. The number of rotatable bonds is 7. The average Bonchev–Trinajstić information content (AvgIpc) is 2.75. The monoisotopic (exact) mass is 411 g/mol. The molecule has 1 fully saturated rings. The molecule has 1 aliphatic rings. The van der Waals surface area contributed by atoms with Crippen LogP contribution < -0.4 is 20.3 Å². The van der Waals surface area contributed by atoms with Gasteiger partial charge in [-0.2, -0.15) is 4.98 Å². The molecule has 0 unspecified atom stereocenters. The van der Waals surface area contributed by atoms with Crippen molar-refractivity contribution in [1.29, 1.82) is 0 Å². The molecule has 0 bridgehead atoms. The number of methoxy groups -OCH3 is 1. The van der Waals surface area contributed by atoms with Crippen molar-refractivity contribution >= 4 is 17.7 Å². The molecule has 1 amide bonds. The van der Waals surface area contributed by atoms with Gasteiger partial charge in [0.25, 0.3) is 0 Å². The summed E-state index contributed by atoms with van der Waals surface area (Å²) in [5.74, 6) is 2.59. The van der Waals surface area contributed by atoms with Gasteiger partial charge in [0.05, 0.1) is 13.2 Å². The first kappa shape index (κ1) is 21.9. The maximum Gasteiger partial charge on any atom is 0.224 e. The Morgan fingerprint density at radius 3 is 2.43 bits per heavy atom. The summed E-state index contributed by atoms with van der Waals surface area (Å²) < 4.78 is 5.20. The molecular weight excluding hydrogens is 378 g/mol. The van der Waals surface area contributed by atoms with Crippen molar-refractivity contribution in [2.45, 2.75) is 51.6 Å². The van der Waals surface area contributed by atoms with Crippen LogP contribution in [0.4, 0.5) is 11.8 Å². The number of nitrogens with one attached hydrogen (secondary N) is 2. The molecule has 162 valence electrons. The Morgan fingerprint density at radius 2 is 1.83 bits per heavy atom. The number of carbonyl (C=O) groups is 1. The summed E-state index contributed by atoms with van der Waals surface area (Å²) in [5.41, 5.74) is 2.13. The highest BCUT2D eigenvalue weighted by Gasteiger charge is 2.27. The van der Waals surface area contributed by atoms with Gasteiger partial charge in [-0.3, -0.25) is 4.79 Å².